The standard InChI is InChI=1S/C18H24N2O/c1-3-7-14-10-12-15(13-11-14)18(20-19)16-8-5-6-9-17(16)21-4-2/h5-6,8-13,18,20H,3-4,7,19H2,1-2H3. The van der Waals surface area contributed by atoms with Crippen LogP contribution in [0.1, 0.15) is 43.0 Å². The van der Waals surface area contributed by atoms with Gasteiger partial charge in [0, 0.05) is 5.56 Å². The SMILES string of the molecule is CCCc1ccc(C(NN)c2ccccc2OCC)cc1. The topological polar surface area (TPSA) is 47.3 Å². The van der Waals surface area contributed by atoms with Crippen LogP contribution in [0.15, 0.2) is 48.5 Å². The molecule has 0 bridgehead atoms. The summed E-state index contributed by atoms with van der Waals surface area (Å²) in [7, 11) is 0. The summed E-state index contributed by atoms with van der Waals surface area (Å²) in [5.41, 5.74) is 6.46. The van der Waals surface area contributed by atoms with E-state index in [0.29, 0.717) is 6.61 Å². The summed E-state index contributed by atoms with van der Waals surface area (Å²) >= 11 is 0. The molecule has 2 aromatic rings. The van der Waals surface area contributed by atoms with Crippen molar-refractivity contribution in [1.82, 2.24) is 5.43 Å². The number of nitrogens with one attached hydrogen (secondary N) is 1. The van der Waals surface area contributed by atoms with Crippen LogP contribution in [0.25, 0.3) is 0 Å². The van der Waals surface area contributed by atoms with Gasteiger partial charge in [-0.25, -0.2) is 5.43 Å². The molecule has 21 heavy (non-hydrogen) atoms. The lowest BCUT2D eigenvalue weighted by molar-refractivity contribution is 0.333. The molecular formula is C18H24N2O. The number of rotatable bonds is 7. The molecule has 0 fully saturated rings. The van der Waals surface area contributed by atoms with E-state index in [4.69, 9.17) is 10.6 Å². The predicted molar refractivity (Wildman–Crippen MR) is 87.2 cm³/mol. The molecule has 2 rings (SSSR count). The predicted octanol–water partition coefficient (Wildman–Crippen LogP) is 3.59. The Balaban J connectivity index is 2.30. The lowest BCUT2D eigenvalue weighted by Gasteiger charge is -2.20. The minimum absolute atomic E-state index is 0.0663. The van der Waals surface area contributed by atoms with Gasteiger partial charge >= 0.3 is 0 Å². The average Bonchev–Trinajstić information content (AvgIpc) is 2.52. The van der Waals surface area contributed by atoms with E-state index in [9.17, 15) is 0 Å². The number of benzene rings is 2. The summed E-state index contributed by atoms with van der Waals surface area (Å²) in [6.45, 7) is 4.82. The molecule has 2 aromatic carbocycles. The lowest BCUT2D eigenvalue weighted by Crippen LogP contribution is -2.29. The molecule has 0 radical (unpaired) electrons. The van der Waals surface area contributed by atoms with E-state index in [1.54, 1.807) is 0 Å². The second-order valence-corrected chi connectivity index (χ2v) is 5.06. The van der Waals surface area contributed by atoms with Crippen LogP contribution in [-0.2, 0) is 6.42 Å². The van der Waals surface area contributed by atoms with E-state index in [1.165, 1.54) is 5.56 Å². The third kappa shape index (κ3) is 3.84. The Kier molecular flexibility index (Phi) is 5.78. The first-order valence-electron chi connectivity index (χ1n) is 7.56. The van der Waals surface area contributed by atoms with E-state index >= 15 is 0 Å². The Morgan fingerprint density at radius 2 is 1.76 bits per heavy atom. The summed E-state index contributed by atoms with van der Waals surface area (Å²) in [6, 6.07) is 16.6. The molecule has 0 heterocycles. The Hall–Kier alpha value is -1.84. The normalized spacial score (nSPS) is 12.1. The van der Waals surface area contributed by atoms with E-state index < -0.39 is 0 Å². The molecule has 0 aliphatic carbocycles. The smallest absolute Gasteiger partial charge is 0.124 e. The number of hydrogen-bond acceptors (Lipinski definition) is 3. The van der Waals surface area contributed by atoms with Crippen molar-refractivity contribution in [2.75, 3.05) is 6.61 Å². The Morgan fingerprint density at radius 1 is 1.05 bits per heavy atom. The summed E-state index contributed by atoms with van der Waals surface area (Å²) in [6.07, 6.45) is 2.27. The summed E-state index contributed by atoms with van der Waals surface area (Å²) < 4.78 is 5.71. The van der Waals surface area contributed by atoms with Crippen molar-refractivity contribution < 1.29 is 4.74 Å². The van der Waals surface area contributed by atoms with Crippen molar-refractivity contribution in [1.29, 1.82) is 0 Å². The third-order valence-electron chi connectivity index (χ3n) is 3.55. The molecule has 0 amide bonds. The van der Waals surface area contributed by atoms with Gasteiger partial charge in [0.15, 0.2) is 0 Å². The highest BCUT2D eigenvalue weighted by Gasteiger charge is 2.16. The van der Waals surface area contributed by atoms with E-state index in [2.05, 4.69) is 42.7 Å². The molecule has 112 valence electrons. The van der Waals surface area contributed by atoms with E-state index in [0.717, 1.165) is 29.7 Å². The summed E-state index contributed by atoms with van der Waals surface area (Å²) in [5, 5.41) is 0. The zero-order valence-corrected chi connectivity index (χ0v) is 12.8. The van der Waals surface area contributed by atoms with Crippen LogP contribution in [-0.4, -0.2) is 6.61 Å². The first-order chi connectivity index (χ1) is 10.3. The van der Waals surface area contributed by atoms with Gasteiger partial charge < -0.3 is 4.74 Å². The van der Waals surface area contributed by atoms with Crippen LogP contribution < -0.4 is 16.0 Å². The van der Waals surface area contributed by atoms with Crippen molar-refractivity contribution in [2.45, 2.75) is 32.7 Å². The highest BCUT2D eigenvalue weighted by molar-refractivity contribution is 5.42. The fraction of sp³-hybridized carbons (Fsp3) is 0.333. The molecule has 0 spiro atoms. The first kappa shape index (κ1) is 15.5. The van der Waals surface area contributed by atoms with Crippen molar-refractivity contribution in [3.63, 3.8) is 0 Å². The van der Waals surface area contributed by atoms with Gasteiger partial charge in [-0.3, -0.25) is 5.84 Å². The monoisotopic (exact) mass is 284 g/mol. The van der Waals surface area contributed by atoms with Gasteiger partial charge in [0.05, 0.1) is 12.6 Å². The number of aryl methyl sites for hydroxylation is 1. The quantitative estimate of drug-likeness (QED) is 0.603. The molecule has 0 saturated heterocycles. The molecular weight excluding hydrogens is 260 g/mol. The van der Waals surface area contributed by atoms with Gasteiger partial charge in [0.1, 0.15) is 5.75 Å². The third-order valence-corrected chi connectivity index (χ3v) is 3.55. The molecule has 0 aromatic heterocycles. The maximum atomic E-state index is 5.79. The molecule has 0 saturated carbocycles. The lowest BCUT2D eigenvalue weighted by atomic mass is 9.97. The van der Waals surface area contributed by atoms with Gasteiger partial charge in [0.2, 0.25) is 0 Å². The first-order valence-corrected chi connectivity index (χ1v) is 7.56. The Morgan fingerprint density at radius 3 is 2.38 bits per heavy atom. The fourth-order valence-electron chi connectivity index (χ4n) is 2.54. The molecule has 1 atom stereocenters. The number of para-hydroxylation sites is 1. The number of ether oxygens (including phenoxy) is 1. The van der Waals surface area contributed by atoms with Crippen LogP contribution >= 0.6 is 0 Å². The largest absolute Gasteiger partial charge is 0.494 e. The maximum Gasteiger partial charge on any atom is 0.124 e. The second-order valence-electron chi connectivity index (χ2n) is 5.06. The number of hydrogen-bond donors (Lipinski definition) is 2. The number of hydrazine groups is 1. The van der Waals surface area contributed by atoms with Crippen molar-refractivity contribution in [3.05, 3.63) is 65.2 Å². The maximum absolute atomic E-state index is 5.79. The second kappa shape index (κ2) is 7.81. The molecule has 3 nitrogen and oxygen atoms in total. The van der Waals surface area contributed by atoms with Gasteiger partial charge in [-0.05, 0) is 30.5 Å². The summed E-state index contributed by atoms with van der Waals surface area (Å²) in [4.78, 5) is 0. The highest BCUT2D eigenvalue weighted by Crippen LogP contribution is 2.29. The fourth-order valence-corrected chi connectivity index (χ4v) is 2.54. The van der Waals surface area contributed by atoms with Crippen LogP contribution in [0, 0.1) is 0 Å². The molecule has 0 aliphatic heterocycles. The molecule has 1 unspecified atom stereocenters. The van der Waals surface area contributed by atoms with Crippen LogP contribution in [0.2, 0.25) is 0 Å². The van der Waals surface area contributed by atoms with E-state index in [-0.39, 0.29) is 6.04 Å². The highest BCUT2D eigenvalue weighted by atomic mass is 16.5. The van der Waals surface area contributed by atoms with Crippen LogP contribution in [0.4, 0.5) is 0 Å². The zero-order chi connectivity index (χ0) is 15.1. The molecule has 3 N–H and O–H groups in total. The Bertz CT molecular complexity index is 551. The minimum Gasteiger partial charge on any atom is -0.494 e. The van der Waals surface area contributed by atoms with Gasteiger partial charge in [0.25, 0.3) is 0 Å². The van der Waals surface area contributed by atoms with Crippen molar-refractivity contribution in [2.24, 2.45) is 5.84 Å². The van der Waals surface area contributed by atoms with Crippen LogP contribution in [0.5, 0.6) is 5.75 Å². The molecule has 3 heteroatoms. The van der Waals surface area contributed by atoms with Gasteiger partial charge in [-0.2, -0.15) is 0 Å². The van der Waals surface area contributed by atoms with E-state index in [1.807, 2.05) is 25.1 Å². The number of nitrogens with two attached hydrogens (primary N) is 1. The van der Waals surface area contributed by atoms with Crippen molar-refractivity contribution >= 4 is 0 Å². The molecule has 0 aliphatic rings. The average molecular weight is 284 g/mol. The van der Waals surface area contributed by atoms with Gasteiger partial charge in [-0.1, -0.05) is 55.8 Å². The zero-order valence-electron chi connectivity index (χ0n) is 12.8. The minimum atomic E-state index is -0.0663. The Labute approximate surface area is 127 Å². The summed E-state index contributed by atoms with van der Waals surface area (Å²) in [5.74, 6) is 6.67. The van der Waals surface area contributed by atoms with Crippen LogP contribution in [0.3, 0.4) is 0 Å². The van der Waals surface area contributed by atoms with Crippen molar-refractivity contribution in [3.8, 4) is 5.75 Å². The van der Waals surface area contributed by atoms with Gasteiger partial charge in [-0.15, -0.1) is 0 Å².